The van der Waals surface area contributed by atoms with Crippen molar-refractivity contribution in [3.8, 4) is 5.69 Å². The van der Waals surface area contributed by atoms with Gasteiger partial charge in [-0.2, -0.15) is 5.10 Å². The van der Waals surface area contributed by atoms with Crippen molar-refractivity contribution in [3.05, 3.63) is 76.1 Å². The van der Waals surface area contributed by atoms with E-state index in [0.717, 1.165) is 22.6 Å². The van der Waals surface area contributed by atoms with Gasteiger partial charge in [-0.05, 0) is 68.8 Å². The van der Waals surface area contributed by atoms with Crippen LogP contribution in [0.3, 0.4) is 0 Å². The molecule has 0 aliphatic heterocycles. The Morgan fingerprint density at radius 3 is 2.33 bits per heavy atom. The monoisotopic (exact) mass is 339 g/mol. The zero-order chi connectivity index (χ0) is 17.3. The van der Waals surface area contributed by atoms with Crippen molar-refractivity contribution < 1.29 is 4.79 Å². The highest BCUT2D eigenvalue weighted by atomic mass is 35.5. The maximum Gasteiger partial charge on any atom is 0.255 e. The summed E-state index contributed by atoms with van der Waals surface area (Å²) in [6.07, 6.45) is 0. The first kappa shape index (κ1) is 16.3. The van der Waals surface area contributed by atoms with Gasteiger partial charge in [-0.25, -0.2) is 4.68 Å². The van der Waals surface area contributed by atoms with Crippen LogP contribution >= 0.6 is 11.6 Å². The van der Waals surface area contributed by atoms with Crippen LogP contribution in [0.1, 0.15) is 27.3 Å². The quantitative estimate of drug-likeness (QED) is 0.751. The lowest BCUT2D eigenvalue weighted by atomic mass is 10.1. The lowest BCUT2D eigenvalue weighted by Crippen LogP contribution is -2.12. The molecular weight excluding hydrogens is 322 g/mol. The molecule has 4 nitrogen and oxygen atoms in total. The van der Waals surface area contributed by atoms with Gasteiger partial charge >= 0.3 is 0 Å². The Morgan fingerprint density at radius 2 is 1.75 bits per heavy atom. The van der Waals surface area contributed by atoms with E-state index >= 15 is 0 Å². The third-order valence-corrected chi connectivity index (χ3v) is 4.07. The number of anilines is 1. The van der Waals surface area contributed by atoms with Crippen LogP contribution in [0.2, 0.25) is 5.02 Å². The summed E-state index contributed by atoms with van der Waals surface area (Å²) in [6.45, 7) is 5.91. The molecule has 0 unspecified atom stereocenters. The lowest BCUT2D eigenvalue weighted by Gasteiger charge is -2.09. The second-order valence-corrected chi connectivity index (χ2v) is 6.23. The zero-order valence-electron chi connectivity index (χ0n) is 13.8. The van der Waals surface area contributed by atoms with Gasteiger partial charge in [0.15, 0.2) is 0 Å². The standard InChI is InChI=1S/C19H18ClN3O/c1-12-4-9-18(17(20)10-12)21-19(24)15-5-7-16(8-6-15)23-14(3)11-13(2)22-23/h4-11H,1-3H3,(H,21,24). The number of halogens is 1. The smallest absolute Gasteiger partial charge is 0.255 e. The predicted octanol–water partition coefficient (Wildman–Crippen LogP) is 4.70. The summed E-state index contributed by atoms with van der Waals surface area (Å²) in [6, 6.07) is 14.9. The minimum Gasteiger partial charge on any atom is -0.321 e. The third kappa shape index (κ3) is 3.34. The average molecular weight is 340 g/mol. The van der Waals surface area contributed by atoms with Gasteiger partial charge in [-0.1, -0.05) is 17.7 Å². The van der Waals surface area contributed by atoms with Crippen molar-refractivity contribution in [3.63, 3.8) is 0 Å². The predicted molar refractivity (Wildman–Crippen MR) is 97.2 cm³/mol. The van der Waals surface area contributed by atoms with E-state index in [1.807, 2.05) is 55.8 Å². The molecule has 0 aliphatic carbocycles. The SMILES string of the molecule is Cc1ccc(NC(=O)c2ccc(-n3nc(C)cc3C)cc2)c(Cl)c1. The zero-order valence-corrected chi connectivity index (χ0v) is 14.6. The van der Waals surface area contributed by atoms with Crippen LogP contribution in [-0.4, -0.2) is 15.7 Å². The van der Waals surface area contributed by atoms with Gasteiger partial charge in [0.25, 0.3) is 5.91 Å². The summed E-state index contributed by atoms with van der Waals surface area (Å²) in [5.41, 5.74) is 5.16. The molecule has 0 fully saturated rings. The van der Waals surface area contributed by atoms with Crippen LogP contribution in [0.15, 0.2) is 48.5 Å². The highest BCUT2D eigenvalue weighted by Gasteiger charge is 2.10. The van der Waals surface area contributed by atoms with E-state index in [1.165, 1.54) is 0 Å². The lowest BCUT2D eigenvalue weighted by molar-refractivity contribution is 0.102. The Hall–Kier alpha value is -2.59. The Kier molecular flexibility index (Phi) is 4.40. The molecule has 122 valence electrons. The summed E-state index contributed by atoms with van der Waals surface area (Å²) in [7, 11) is 0. The number of aromatic nitrogens is 2. The number of benzene rings is 2. The first-order chi connectivity index (χ1) is 11.4. The van der Waals surface area contributed by atoms with E-state index in [-0.39, 0.29) is 5.91 Å². The molecule has 0 bridgehead atoms. The summed E-state index contributed by atoms with van der Waals surface area (Å²) in [5.74, 6) is -0.194. The molecule has 3 aromatic rings. The summed E-state index contributed by atoms with van der Waals surface area (Å²) in [5, 5.41) is 7.81. The van der Waals surface area contributed by atoms with Crippen molar-refractivity contribution >= 4 is 23.2 Å². The number of aryl methyl sites for hydroxylation is 3. The number of hydrogen-bond donors (Lipinski definition) is 1. The largest absolute Gasteiger partial charge is 0.321 e. The molecule has 1 aromatic heterocycles. The van der Waals surface area contributed by atoms with Crippen molar-refractivity contribution in [2.75, 3.05) is 5.32 Å². The number of hydrogen-bond acceptors (Lipinski definition) is 2. The molecule has 1 N–H and O–H groups in total. The van der Waals surface area contributed by atoms with Gasteiger partial charge in [0.05, 0.1) is 22.1 Å². The van der Waals surface area contributed by atoms with Gasteiger partial charge < -0.3 is 5.32 Å². The van der Waals surface area contributed by atoms with E-state index in [9.17, 15) is 4.79 Å². The number of amides is 1. The van der Waals surface area contributed by atoms with Crippen molar-refractivity contribution in [2.24, 2.45) is 0 Å². The molecule has 24 heavy (non-hydrogen) atoms. The third-order valence-electron chi connectivity index (χ3n) is 3.76. The minimum atomic E-state index is -0.194. The molecular formula is C19H18ClN3O. The molecule has 0 radical (unpaired) electrons. The number of carbonyl (C=O) groups is 1. The molecule has 1 heterocycles. The van der Waals surface area contributed by atoms with Gasteiger partial charge in [0.2, 0.25) is 0 Å². The molecule has 0 saturated carbocycles. The van der Waals surface area contributed by atoms with Crippen LogP contribution in [0.4, 0.5) is 5.69 Å². The van der Waals surface area contributed by atoms with Crippen LogP contribution in [-0.2, 0) is 0 Å². The fourth-order valence-electron chi connectivity index (χ4n) is 2.56. The van der Waals surface area contributed by atoms with Crippen molar-refractivity contribution in [2.45, 2.75) is 20.8 Å². The molecule has 0 atom stereocenters. The Labute approximate surface area is 146 Å². The van der Waals surface area contributed by atoms with E-state index in [1.54, 1.807) is 18.2 Å². The maximum atomic E-state index is 12.4. The normalized spacial score (nSPS) is 10.7. The molecule has 1 amide bonds. The minimum absolute atomic E-state index is 0.194. The number of nitrogens with one attached hydrogen (secondary N) is 1. The number of rotatable bonds is 3. The van der Waals surface area contributed by atoms with Crippen LogP contribution in [0.5, 0.6) is 0 Å². The van der Waals surface area contributed by atoms with Crippen molar-refractivity contribution in [1.82, 2.24) is 9.78 Å². The summed E-state index contributed by atoms with van der Waals surface area (Å²) < 4.78 is 1.86. The fraction of sp³-hybridized carbons (Fsp3) is 0.158. The highest BCUT2D eigenvalue weighted by molar-refractivity contribution is 6.34. The van der Waals surface area contributed by atoms with E-state index < -0.39 is 0 Å². The van der Waals surface area contributed by atoms with Crippen LogP contribution < -0.4 is 5.32 Å². The van der Waals surface area contributed by atoms with Gasteiger partial charge in [-0.15, -0.1) is 0 Å². The van der Waals surface area contributed by atoms with E-state index in [0.29, 0.717) is 16.3 Å². The molecule has 0 spiro atoms. The molecule has 2 aromatic carbocycles. The summed E-state index contributed by atoms with van der Waals surface area (Å²) >= 11 is 6.16. The Bertz CT molecular complexity index is 897. The summed E-state index contributed by atoms with van der Waals surface area (Å²) in [4.78, 5) is 12.4. The molecule has 3 rings (SSSR count). The first-order valence-electron chi connectivity index (χ1n) is 7.65. The average Bonchev–Trinajstić information content (AvgIpc) is 2.88. The Balaban J connectivity index is 1.80. The van der Waals surface area contributed by atoms with Gasteiger partial charge in [-0.3, -0.25) is 4.79 Å². The topological polar surface area (TPSA) is 46.9 Å². The van der Waals surface area contributed by atoms with Crippen LogP contribution in [0, 0.1) is 20.8 Å². The molecule has 0 aliphatic rings. The fourth-order valence-corrected chi connectivity index (χ4v) is 2.84. The van der Waals surface area contributed by atoms with Gasteiger partial charge in [0, 0.05) is 11.3 Å². The number of carbonyl (C=O) groups excluding carboxylic acids is 1. The van der Waals surface area contributed by atoms with Crippen molar-refractivity contribution in [1.29, 1.82) is 0 Å². The number of nitrogens with zero attached hydrogens (tertiary/aromatic N) is 2. The Morgan fingerprint density at radius 1 is 1.04 bits per heavy atom. The highest BCUT2D eigenvalue weighted by Crippen LogP contribution is 2.23. The first-order valence-corrected chi connectivity index (χ1v) is 8.03. The van der Waals surface area contributed by atoms with E-state index in [4.69, 9.17) is 11.6 Å². The van der Waals surface area contributed by atoms with Crippen LogP contribution in [0.25, 0.3) is 5.69 Å². The second-order valence-electron chi connectivity index (χ2n) is 5.82. The van der Waals surface area contributed by atoms with Gasteiger partial charge in [0.1, 0.15) is 0 Å². The molecule has 5 heteroatoms. The molecule has 0 saturated heterocycles. The second kappa shape index (κ2) is 6.49. The van der Waals surface area contributed by atoms with E-state index in [2.05, 4.69) is 10.4 Å². The maximum absolute atomic E-state index is 12.4.